The second-order valence-corrected chi connectivity index (χ2v) is 24.5. The normalized spacial score (nSPS) is 11.6. The summed E-state index contributed by atoms with van der Waals surface area (Å²) in [5.41, 5.74) is 6.49. The van der Waals surface area contributed by atoms with Crippen molar-refractivity contribution in [2.24, 2.45) is 0 Å². The first-order chi connectivity index (χ1) is 50.8. The molecule has 17 rings (SSSR count). The number of carbonyl (C=O) groups excluding carboxylic acids is 1. The molecule has 0 fully saturated rings. The Kier molecular flexibility index (Phi) is 30.4. The SMILES string of the molecule is Cc1cc(=O)oc2cc(O)ccc12.Cc1cc2c(-c3ccccc3C(=O)O)c3c[c-]c(=O)[c-]c-3oc2[c-]c1O.Cc1cc2c([c-]c1O)Oc1[c-]c(O)c(C)cc1C21OC(=O)c2ccccc21.Cc1ccc(O)cc1C.O=c1cc(C(F)(F)F)c2ccc(O)cc2o1.O=c1ccc2nc3ccc(O)cc3oc-2c1.[Y].[Y].[Y].[Y].[Y]. The Morgan fingerprint density at radius 3 is 1.61 bits per heavy atom. The zero-order chi connectivity index (χ0) is 76.7. The molecule has 9 aromatic carbocycles. The molecule has 8 N–H and O–H groups in total. The smallest absolute Gasteiger partial charge is 0.417 e. The first-order valence-electron chi connectivity index (χ1n) is 32.0. The molecule has 0 unspecified atom stereocenters. The molecule has 11 aromatic rings. The van der Waals surface area contributed by atoms with Gasteiger partial charge in [-0.05, 0) is 121 Å². The van der Waals surface area contributed by atoms with Crippen molar-refractivity contribution in [3.8, 4) is 85.7 Å². The summed E-state index contributed by atoms with van der Waals surface area (Å²) < 4.78 is 70.2. The molecule has 2 aromatic heterocycles. The molecule has 0 saturated carbocycles. The van der Waals surface area contributed by atoms with E-state index in [1.165, 1.54) is 48.0 Å². The van der Waals surface area contributed by atoms with Crippen molar-refractivity contribution < 1.29 is 254 Å². The number of rotatable bonds is 2. The Morgan fingerprint density at radius 2 is 1.00 bits per heavy atom. The van der Waals surface area contributed by atoms with Gasteiger partial charge in [0.2, 0.25) is 0 Å². The summed E-state index contributed by atoms with van der Waals surface area (Å²) in [5.74, 6) is -0.391. The molecule has 21 nitrogen and oxygen atoms in total. The van der Waals surface area contributed by atoms with E-state index in [1.54, 1.807) is 112 Å². The molecule has 0 saturated heterocycles. The summed E-state index contributed by atoms with van der Waals surface area (Å²) in [5, 5.41) is 77.4. The van der Waals surface area contributed by atoms with Crippen LogP contribution in [0, 0.1) is 71.9 Å². The van der Waals surface area contributed by atoms with Crippen molar-refractivity contribution >= 4 is 55.9 Å². The number of hydrogen-bond acceptors (Lipinski definition) is 20. The van der Waals surface area contributed by atoms with E-state index in [9.17, 15) is 67.5 Å². The first-order valence-corrected chi connectivity index (χ1v) is 32.0. The monoisotopic (exact) mass is 1890 g/mol. The predicted octanol–water partition coefficient (Wildman–Crippen LogP) is 15.9. The fraction of sp³-hybridized carbons (Fsp3) is 0.0964. The van der Waals surface area contributed by atoms with Crippen LogP contribution in [0.4, 0.5) is 13.2 Å². The molecule has 6 aliphatic rings. The summed E-state index contributed by atoms with van der Waals surface area (Å²) >= 11 is 0. The third-order valence-corrected chi connectivity index (χ3v) is 17.2. The maximum Gasteiger partial charge on any atom is 0.417 e. The number of hydrogen-bond donors (Lipinski definition) is 8. The van der Waals surface area contributed by atoms with Gasteiger partial charge < -0.3 is 78.9 Å². The molecule has 0 atom stereocenters. The number of phenolic OH excluding ortho intramolecular Hbond substituents is 7. The van der Waals surface area contributed by atoms with Gasteiger partial charge in [0.05, 0.1) is 16.7 Å². The summed E-state index contributed by atoms with van der Waals surface area (Å²) in [6, 6.07) is 58.0. The fourth-order valence-electron chi connectivity index (χ4n) is 11.8. The van der Waals surface area contributed by atoms with Crippen molar-refractivity contribution in [2.45, 2.75) is 53.3 Å². The molecule has 2 aliphatic carbocycles. The molecule has 29 heteroatoms. The maximum absolute atomic E-state index is 12.7. The zero-order valence-electron chi connectivity index (χ0n) is 59.7. The van der Waals surface area contributed by atoms with E-state index in [4.69, 9.17) is 38.0 Å². The van der Waals surface area contributed by atoms with Gasteiger partial charge in [0, 0.05) is 245 Å². The molecule has 553 valence electrons. The Bertz CT molecular complexity index is 6220. The van der Waals surface area contributed by atoms with Gasteiger partial charge in [-0.3, -0.25) is 16.9 Å². The number of halogens is 3. The van der Waals surface area contributed by atoms with Crippen LogP contribution in [0.2, 0.25) is 0 Å². The van der Waals surface area contributed by atoms with Gasteiger partial charge in [0.25, 0.3) is 0 Å². The number of ether oxygens (including phenoxy) is 2. The molecule has 4 aliphatic heterocycles. The van der Waals surface area contributed by atoms with Gasteiger partial charge in [0.15, 0.2) is 16.8 Å². The van der Waals surface area contributed by atoms with Crippen LogP contribution >= 0.6 is 0 Å². The van der Waals surface area contributed by atoms with E-state index in [2.05, 4.69) is 39.7 Å². The van der Waals surface area contributed by atoms with E-state index in [1.807, 2.05) is 39.0 Å². The van der Waals surface area contributed by atoms with Crippen LogP contribution in [-0.4, -0.2) is 57.8 Å². The minimum atomic E-state index is -4.63. The van der Waals surface area contributed by atoms with Crippen LogP contribution in [0.5, 0.6) is 51.7 Å². The van der Waals surface area contributed by atoms with Crippen LogP contribution in [0.15, 0.2) is 213 Å². The third kappa shape index (κ3) is 19.6. The van der Waals surface area contributed by atoms with Crippen LogP contribution in [-0.2, 0) is 180 Å². The number of aromatic nitrogens is 1. The fourth-order valence-corrected chi connectivity index (χ4v) is 11.8. The number of aromatic hydroxyl groups is 7. The zero-order valence-corrected chi connectivity index (χ0v) is 73.9. The maximum atomic E-state index is 12.7. The van der Waals surface area contributed by atoms with Crippen LogP contribution in [0.1, 0.15) is 76.4 Å². The van der Waals surface area contributed by atoms with Crippen molar-refractivity contribution in [1.82, 2.24) is 4.98 Å². The first kappa shape index (κ1) is 90.6. The minimum Gasteiger partial charge on any atom is -0.534 e. The van der Waals surface area contributed by atoms with E-state index in [0.29, 0.717) is 101 Å². The average molecular weight is 1890 g/mol. The number of alkyl halides is 3. The van der Waals surface area contributed by atoms with Gasteiger partial charge in [-0.2, -0.15) is 36.9 Å². The Morgan fingerprint density at radius 1 is 0.464 bits per heavy atom. The summed E-state index contributed by atoms with van der Waals surface area (Å²) in [6.07, 6.45) is -4.63. The van der Waals surface area contributed by atoms with E-state index >= 15 is 0 Å². The number of aromatic carboxylic acids is 1. The topological polar surface area (TPSA) is 348 Å². The Hall–Kier alpha value is -8.64. The molecular formula is C83H55F3NO20Y5-5. The number of carboxylic acid groups (broad SMARTS) is 1. The van der Waals surface area contributed by atoms with Crippen LogP contribution in [0.3, 0.4) is 0 Å². The largest absolute Gasteiger partial charge is 0.534 e. The number of benzene rings is 11. The molecule has 1 spiro atoms. The van der Waals surface area contributed by atoms with Gasteiger partial charge in [0.1, 0.15) is 51.0 Å². The number of phenols is 7. The number of fused-ring (bicyclic) bond motifs is 12. The number of aryl methyl sites for hydroxylation is 6. The van der Waals surface area contributed by atoms with Crippen LogP contribution in [0.25, 0.3) is 77.9 Å². The number of carbonyl (C=O) groups is 2. The second kappa shape index (κ2) is 37.5. The van der Waals surface area contributed by atoms with Crippen molar-refractivity contribution in [1.29, 1.82) is 0 Å². The van der Waals surface area contributed by atoms with Gasteiger partial charge in [-0.15, -0.1) is 22.1 Å². The number of esters is 1. The minimum absolute atomic E-state index is 0. The van der Waals surface area contributed by atoms with Crippen molar-refractivity contribution in [2.75, 3.05) is 0 Å². The van der Waals surface area contributed by atoms with Crippen molar-refractivity contribution in [3.05, 3.63) is 314 Å². The standard InChI is InChI=1S/C22H14O5.C21H11O5.C12H7NO3.C10H5F3O3.C10H8O3.C8H10O.5Y/c1-11-7-15-19(9-17(11)23)26-20-10-18(24)12(2)8-16(20)22(15)14-6-4-3-5-13(14)21(25)27-22;1-11-8-16-19(10-17(11)23)26-18-9-12(22)6-7-15(18)20(16)13-4-2-3-5-14(13)21(24)25;14-7-1-3-9-11(5-7)16-12-6-8(15)2-4-10(12)13-9;11-10(12,13)7-4-9(15)16-8-3-5(14)1-2-6(7)8;1-6-4-10(12)13-9-5-7(11)2-3-8(6)9;1-6-3-4-8(9)5-7(6)2;;;;;/h3-8,23-24H,1-2H3;2-5,7-8,23H,1H3,(H,24,25);1-6,14H;1-4,14H;2-5,11H,1H3;3-5,9H,1-2H3;;;;;/q-2;-3;;;;;;;;;. The van der Waals surface area contributed by atoms with E-state index in [-0.39, 0.29) is 243 Å². The quantitative estimate of drug-likeness (QED) is 0.0345. The van der Waals surface area contributed by atoms with E-state index < -0.39 is 46.0 Å². The number of carboxylic acids is 1. The molecule has 0 amide bonds. The molecule has 5 radical (unpaired) electrons. The van der Waals surface area contributed by atoms with E-state index in [0.717, 1.165) is 34.7 Å². The second-order valence-electron chi connectivity index (χ2n) is 24.5. The Labute approximate surface area is 759 Å². The Balaban J connectivity index is 0.000000191. The summed E-state index contributed by atoms with van der Waals surface area (Å²) in [4.78, 5) is 73.4. The summed E-state index contributed by atoms with van der Waals surface area (Å²) in [7, 11) is 0. The van der Waals surface area contributed by atoms with Crippen molar-refractivity contribution in [3.63, 3.8) is 0 Å². The third-order valence-electron chi connectivity index (χ3n) is 17.2. The van der Waals surface area contributed by atoms with Crippen LogP contribution < -0.4 is 26.8 Å². The average Bonchev–Trinajstić information content (AvgIpc) is 1.49. The molecule has 6 heterocycles. The van der Waals surface area contributed by atoms with Gasteiger partial charge in [-0.1, -0.05) is 104 Å². The van der Waals surface area contributed by atoms with Gasteiger partial charge >= 0.3 is 29.4 Å². The van der Waals surface area contributed by atoms with Gasteiger partial charge in [-0.25, -0.2) is 29.7 Å². The molecular weight excluding hydrogens is 1830 g/mol. The molecule has 112 heavy (non-hydrogen) atoms. The predicted molar refractivity (Wildman–Crippen MR) is 384 cm³/mol. The summed E-state index contributed by atoms with van der Waals surface area (Å²) in [6.45, 7) is 11.0. The molecule has 0 bridgehead atoms. The number of nitrogens with zero attached hydrogens (tertiary/aromatic N) is 1.